The van der Waals surface area contributed by atoms with E-state index in [1.807, 2.05) is 30.6 Å². The van der Waals surface area contributed by atoms with E-state index in [9.17, 15) is 35.9 Å². The summed E-state index contributed by atoms with van der Waals surface area (Å²) in [6.07, 6.45) is 3.51. The van der Waals surface area contributed by atoms with E-state index in [0.29, 0.717) is 41.4 Å². The number of aromatic nitrogens is 6. The highest BCUT2D eigenvalue weighted by Gasteiger charge is 2.32. The number of hydrogen-bond acceptors (Lipinski definition) is 11. The van der Waals surface area contributed by atoms with Crippen LogP contribution < -0.4 is 27.4 Å². The van der Waals surface area contributed by atoms with Crippen LogP contribution in [-0.2, 0) is 21.9 Å². The number of nitrogens with two attached hydrogens (primary N) is 2. The number of nitrogens with zero attached hydrogens (tertiary/aromatic N) is 7. The predicted molar refractivity (Wildman–Crippen MR) is 239 cm³/mol. The number of nitrogen functional groups attached to an aromatic ring is 2. The molecule has 2 aliphatic heterocycles. The molecule has 2 aromatic carbocycles. The zero-order chi connectivity index (χ0) is 47.2. The molecule has 0 spiro atoms. The molecule has 0 saturated carbocycles. The molecular weight excluding hydrogens is 878 g/mol. The molecular formula is C44H47ClF6N12O2. The summed E-state index contributed by atoms with van der Waals surface area (Å²) < 4.78 is 82.3. The Morgan fingerprint density at radius 2 is 1.18 bits per heavy atom. The van der Waals surface area contributed by atoms with E-state index in [-0.39, 0.29) is 22.5 Å². The number of nitrogens with one attached hydrogen (secondary N) is 3. The highest BCUT2D eigenvalue weighted by atomic mass is 35.5. The van der Waals surface area contributed by atoms with Crippen molar-refractivity contribution in [3.8, 4) is 0 Å². The highest BCUT2D eigenvalue weighted by molar-refractivity contribution is 6.62. The topological polar surface area (TPSA) is 186 Å². The molecule has 0 fully saturated rings. The van der Waals surface area contributed by atoms with E-state index in [2.05, 4.69) is 53.8 Å². The van der Waals surface area contributed by atoms with Crippen molar-refractivity contribution in [1.29, 1.82) is 0 Å². The van der Waals surface area contributed by atoms with Crippen molar-refractivity contribution >= 4 is 67.9 Å². The van der Waals surface area contributed by atoms with E-state index in [0.717, 1.165) is 72.4 Å². The normalized spacial score (nSPS) is 15.2. The standard InChI is InChI=1S/C22H23F3N6O.C20H21F3N6.C2H3ClO/c1-13(16-7-18(22(23,24)25)10-19(26)8-16)29-21-20-9-17(11-31(20)28-12-27-21)15-3-5-30(6-4-15)14(2)32;1-12(14-6-16(20(21,22)23)9-17(24)7-14)28-19-18-8-15(10-29(18)27-11-26-19)13-2-4-25-5-3-13;1-2(3)4/h3,7-13H,4-6,26H2,1-2H3,(H,27,28,29);2,6-12,25H,3-5,24H2,1H3,(H,26,27,28);1H3/t13-;12-;/m11./s1. The molecule has 4 aromatic heterocycles. The summed E-state index contributed by atoms with van der Waals surface area (Å²) in [5.41, 5.74) is 16.6. The Morgan fingerprint density at radius 1 is 0.723 bits per heavy atom. The van der Waals surface area contributed by atoms with Crippen LogP contribution in [0.5, 0.6) is 0 Å². The molecule has 344 valence electrons. The van der Waals surface area contributed by atoms with Crippen LogP contribution in [0.3, 0.4) is 0 Å². The smallest absolute Gasteiger partial charge is 0.399 e. The number of alkyl halides is 6. The van der Waals surface area contributed by atoms with Crippen LogP contribution in [-0.4, -0.2) is 71.4 Å². The number of benzene rings is 2. The number of hydrogen-bond donors (Lipinski definition) is 5. The summed E-state index contributed by atoms with van der Waals surface area (Å²) in [6, 6.07) is 10.1. The fourth-order valence-electron chi connectivity index (χ4n) is 7.29. The van der Waals surface area contributed by atoms with Gasteiger partial charge in [0.15, 0.2) is 11.6 Å². The number of halogens is 7. The minimum atomic E-state index is -4.48. The first-order valence-electron chi connectivity index (χ1n) is 20.3. The van der Waals surface area contributed by atoms with Crippen molar-refractivity contribution in [2.24, 2.45) is 0 Å². The number of anilines is 4. The second-order valence-corrected chi connectivity index (χ2v) is 16.0. The highest BCUT2D eigenvalue weighted by Crippen LogP contribution is 2.36. The number of carbonyl (C=O) groups excluding carboxylic acids is 2. The summed E-state index contributed by atoms with van der Waals surface area (Å²) in [5, 5.41) is 17.8. The van der Waals surface area contributed by atoms with Crippen molar-refractivity contribution < 1.29 is 35.9 Å². The van der Waals surface area contributed by atoms with Crippen LogP contribution in [0.1, 0.15) is 86.0 Å². The van der Waals surface area contributed by atoms with Crippen LogP contribution in [0.2, 0.25) is 0 Å². The molecule has 0 unspecified atom stereocenters. The molecule has 6 heterocycles. The molecule has 8 rings (SSSR count). The molecule has 2 aliphatic rings. The predicted octanol–water partition coefficient (Wildman–Crippen LogP) is 8.79. The van der Waals surface area contributed by atoms with Crippen molar-refractivity contribution in [3.05, 3.63) is 119 Å². The summed E-state index contributed by atoms with van der Waals surface area (Å²) in [7, 11) is 0. The number of fused-ring (bicyclic) bond motifs is 2. The van der Waals surface area contributed by atoms with Crippen LogP contribution in [0.15, 0.2) is 85.7 Å². The van der Waals surface area contributed by atoms with Crippen molar-refractivity contribution in [3.63, 3.8) is 0 Å². The minimum absolute atomic E-state index is 0.0453. The van der Waals surface area contributed by atoms with Gasteiger partial charge in [-0.3, -0.25) is 9.59 Å². The van der Waals surface area contributed by atoms with Crippen LogP contribution in [0.4, 0.5) is 49.4 Å². The Balaban J connectivity index is 0.000000200. The average Bonchev–Trinajstić information content (AvgIpc) is 3.90. The first kappa shape index (κ1) is 47.8. The Kier molecular flexibility index (Phi) is 14.7. The lowest BCUT2D eigenvalue weighted by molar-refractivity contribution is -0.138. The van der Waals surface area contributed by atoms with E-state index in [1.54, 1.807) is 34.7 Å². The van der Waals surface area contributed by atoms with Gasteiger partial charge in [-0.25, -0.2) is 19.0 Å². The van der Waals surface area contributed by atoms with Gasteiger partial charge in [-0.15, -0.1) is 0 Å². The van der Waals surface area contributed by atoms with E-state index in [1.165, 1.54) is 37.3 Å². The lowest BCUT2D eigenvalue weighted by Crippen LogP contribution is -2.32. The van der Waals surface area contributed by atoms with E-state index >= 15 is 0 Å². The average molecular weight is 925 g/mol. The molecule has 2 atom stereocenters. The second-order valence-electron chi connectivity index (χ2n) is 15.4. The Labute approximate surface area is 374 Å². The van der Waals surface area contributed by atoms with Crippen molar-refractivity contribution in [1.82, 2.24) is 39.4 Å². The van der Waals surface area contributed by atoms with Gasteiger partial charge in [0.05, 0.1) is 23.2 Å². The quantitative estimate of drug-likeness (QED) is 0.0558. The van der Waals surface area contributed by atoms with Gasteiger partial charge < -0.3 is 32.3 Å². The van der Waals surface area contributed by atoms with E-state index < -0.39 is 35.6 Å². The maximum absolute atomic E-state index is 13.2. The molecule has 14 nitrogen and oxygen atoms in total. The third-order valence-corrected chi connectivity index (χ3v) is 10.6. The van der Waals surface area contributed by atoms with Crippen LogP contribution >= 0.6 is 11.6 Å². The summed E-state index contributed by atoms with van der Waals surface area (Å²) in [6.45, 7) is 9.32. The number of amides is 1. The molecule has 7 N–H and O–H groups in total. The minimum Gasteiger partial charge on any atom is -0.399 e. The SMILES string of the molecule is CC(=O)Cl.CC(=O)N1CC=C(c2cc3c(N[C@H](C)c4cc(N)cc(C(F)(F)F)c4)ncnn3c2)CC1.C[C@@H](Nc1ncnn2cc(C3=CCNCC3)cc12)c1cc(N)cc(C(F)(F)F)c1. The molecule has 1 amide bonds. The van der Waals surface area contributed by atoms with Crippen molar-refractivity contribution in [2.75, 3.05) is 48.3 Å². The first-order chi connectivity index (χ1) is 30.7. The van der Waals surface area contributed by atoms with Crippen LogP contribution in [0.25, 0.3) is 22.2 Å². The molecule has 0 saturated heterocycles. The molecule has 0 bridgehead atoms. The fraction of sp³-hybridized carbons (Fsp3) is 0.318. The lowest BCUT2D eigenvalue weighted by Gasteiger charge is -2.24. The monoisotopic (exact) mass is 924 g/mol. The van der Waals surface area contributed by atoms with Gasteiger partial charge in [-0.2, -0.15) is 36.5 Å². The van der Waals surface area contributed by atoms with Gasteiger partial charge in [-0.05, 0) is 127 Å². The first-order valence-corrected chi connectivity index (χ1v) is 20.7. The molecule has 0 aliphatic carbocycles. The molecule has 0 radical (unpaired) electrons. The number of rotatable bonds is 8. The van der Waals surface area contributed by atoms with E-state index in [4.69, 9.17) is 11.5 Å². The zero-order valence-electron chi connectivity index (χ0n) is 35.7. The van der Waals surface area contributed by atoms with Crippen LogP contribution in [0, 0.1) is 0 Å². The summed E-state index contributed by atoms with van der Waals surface area (Å²) in [5.74, 6) is 1.09. The lowest BCUT2D eigenvalue weighted by atomic mass is 10.0. The number of carbonyl (C=O) groups is 2. The second kappa shape index (κ2) is 20.0. The summed E-state index contributed by atoms with van der Waals surface area (Å²) in [4.78, 5) is 31.1. The molecule has 65 heavy (non-hydrogen) atoms. The fourth-order valence-corrected chi connectivity index (χ4v) is 7.29. The van der Waals surface area contributed by atoms with Gasteiger partial charge in [0.1, 0.15) is 23.7 Å². The molecule has 6 aromatic rings. The van der Waals surface area contributed by atoms with Gasteiger partial charge in [-0.1, -0.05) is 12.2 Å². The zero-order valence-corrected chi connectivity index (χ0v) is 36.5. The van der Waals surface area contributed by atoms with Gasteiger partial charge in [0.2, 0.25) is 11.1 Å². The maximum atomic E-state index is 13.2. The Hall–Kier alpha value is -6.67. The third-order valence-electron chi connectivity index (χ3n) is 10.6. The largest absolute Gasteiger partial charge is 0.416 e. The third kappa shape index (κ3) is 12.3. The van der Waals surface area contributed by atoms with Gasteiger partial charge in [0, 0.05) is 57.3 Å². The van der Waals surface area contributed by atoms with Crippen molar-refractivity contribution in [2.45, 2.75) is 65.0 Å². The Bertz CT molecular complexity index is 2740. The van der Waals surface area contributed by atoms with Gasteiger partial charge in [0.25, 0.3) is 0 Å². The maximum Gasteiger partial charge on any atom is 0.416 e. The molecule has 21 heteroatoms. The summed E-state index contributed by atoms with van der Waals surface area (Å²) >= 11 is 4.64. The van der Waals surface area contributed by atoms with Gasteiger partial charge >= 0.3 is 12.4 Å². The Morgan fingerprint density at radius 3 is 1.57 bits per heavy atom.